The van der Waals surface area contributed by atoms with Crippen molar-refractivity contribution in [1.29, 1.82) is 0 Å². The van der Waals surface area contributed by atoms with Gasteiger partial charge in [-0.25, -0.2) is 0 Å². The first-order chi connectivity index (χ1) is 8.08. The average molecular weight is 250 g/mol. The molecule has 0 aromatic heterocycles. The van der Waals surface area contributed by atoms with Crippen LogP contribution in [0.1, 0.15) is 12.8 Å². The Bertz CT molecular complexity index is 395. The molecule has 0 fully saturated rings. The quantitative estimate of drug-likeness (QED) is 0.391. The van der Waals surface area contributed by atoms with Crippen LogP contribution in [-0.2, 0) is 14.1 Å². The minimum atomic E-state index is -2.68. The first-order valence-electron chi connectivity index (χ1n) is 5.11. The zero-order valence-corrected chi connectivity index (χ0v) is 10.5. The summed E-state index contributed by atoms with van der Waals surface area (Å²) in [6, 6.07) is 0. The first kappa shape index (κ1) is 15.4. The molecule has 0 atom stereocenters. The monoisotopic (exact) mass is 250 g/mol. The number of terminal acetylenes is 3. The van der Waals surface area contributed by atoms with Crippen molar-refractivity contribution in [3.8, 4) is 37.0 Å². The largest absolute Gasteiger partial charge is 0.452 e. The third-order valence-corrected chi connectivity index (χ3v) is 4.97. The molecule has 0 spiro atoms. The summed E-state index contributed by atoms with van der Waals surface area (Å²) in [6.07, 6.45) is 16.4. The van der Waals surface area contributed by atoms with E-state index >= 15 is 0 Å². The van der Waals surface area contributed by atoms with Crippen molar-refractivity contribution in [1.82, 2.24) is 0 Å². The summed E-state index contributed by atoms with van der Waals surface area (Å²) in [4.78, 5) is 11.4. The topological polar surface area (TPSA) is 43.4 Å². The number of carbonyl (C=O) groups is 1. The number of ether oxygens (including phenoxy) is 1. The molecule has 0 bridgehead atoms. The highest BCUT2D eigenvalue weighted by molar-refractivity contribution is 7.64. The fourth-order valence-electron chi connectivity index (χ4n) is 1.21. The molecule has 17 heavy (non-hydrogen) atoms. The van der Waals surface area contributed by atoms with Crippen LogP contribution in [0.25, 0.3) is 0 Å². The van der Waals surface area contributed by atoms with Gasteiger partial charge in [0.2, 0.25) is 0 Å². The maximum absolute atomic E-state index is 12.4. The van der Waals surface area contributed by atoms with E-state index in [0.717, 1.165) is 0 Å². The molecule has 0 aromatic carbocycles. The van der Waals surface area contributed by atoms with Crippen molar-refractivity contribution in [2.75, 3.05) is 25.1 Å². The molecule has 0 rings (SSSR count). The third-order valence-electron chi connectivity index (χ3n) is 2.06. The van der Waals surface area contributed by atoms with Gasteiger partial charge in [-0.15, -0.1) is 31.1 Å². The normalized spacial score (nSPS) is 9.71. The third kappa shape index (κ3) is 7.30. The molecule has 0 aliphatic rings. The first-order valence-corrected chi connectivity index (χ1v) is 7.37. The van der Waals surface area contributed by atoms with Gasteiger partial charge < -0.3 is 9.30 Å². The maximum atomic E-state index is 12.4. The van der Waals surface area contributed by atoms with Gasteiger partial charge in [0, 0.05) is 25.2 Å². The standard InChI is InChI=1S/C13H15O3P/c1-4-7-10-17(15,11-8-5-2)12-13(14)16-9-6-3/h1-3H,7-12H2. The number of esters is 1. The highest BCUT2D eigenvalue weighted by Gasteiger charge is 2.25. The second kappa shape index (κ2) is 8.52. The van der Waals surface area contributed by atoms with E-state index in [-0.39, 0.29) is 12.8 Å². The van der Waals surface area contributed by atoms with Gasteiger partial charge in [0.15, 0.2) is 6.61 Å². The van der Waals surface area contributed by atoms with Crippen molar-refractivity contribution >= 4 is 13.1 Å². The van der Waals surface area contributed by atoms with Crippen LogP contribution in [0.4, 0.5) is 0 Å². The van der Waals surface area contributed by atoms with E-state index in [4.69, 9.17) is 24.0 Å². The van der Waals surface area contributed by atoms with Crippen LogP contribution < -0.4 is 0 Å². The molecular weight excluding hydrogens is 235 g/mol. The minimum Gasteiger partial charge on any atom is -0.452 e. The van der Waals surface area contributed by atoms with E-state index in [0.29, 0.717) is 25.2 Å². The molecule has 0 heterocycles. The fraction of sp³-hybridized carbons (Fsp3) is 0.462. The van der Waals surface area contributed by atoms with Gasteiger partial charge in [-0.2, -0.15) is 0 Å². The van der Waals surface area contributed by atoms with Crippen LogP contribution >= 0.6 is 7.14 Å². The molecule has 0 aromatic rings. The Labute approximate surface area is 103 Å². The van der Waals surface area contributed by atoms with Crippen LogP contribution in [0.3, 0.4) is 0 Å². The van der Waals surface area contributed by atoms with E-state index in [1.807, 2.05) is 0 Å². The maximum Gasteiger partial charge on any atom is 0.314 e. The predicted molar refractivity (Wildman–Crippen MR) is 68.9 cm³/mol. The summed E-state index contributed by atoms with van der Waals surface area (Å²) in [5.41, 5.74) is 0. The molecule has 0 radical (unpaired) electrons. The lowest BCUT2D eigenvalue weighted by Crippen LogP contribution is -2.13. The van der Waals surface area contributed by atoms with Gasteiger partial charge >= 0.3 is 5.97 Å². The van der Waals surface area contributed by atoms with Gasteiger partial charge in [-0.05, 0) is 0 Å². The molecule has 0 saturated heterocycles. The Hall–Kier alpha value is -1.62. The Balaban J connectivity index is 4.44. The Morgan fingerprint density at radius 1 is 1.06 bits per heavy atom. The lowest BCUT2D eigenvalue weighted by atomic mass is 10.5. The van der Waals surface area contributed by atoms with E-state index in [2.05, 4.69) is 17.8 Å². The smallest absolute Gasteiger partial charge is 0.314 e. The van der Waals surface area contributed by atoms with Crippen molar-refractivity contribution in [3.63, 3.8) is 0 Å². The summed E-state index contributed by atoms with van der Waals surface area (Å²) < 4.78 is 17.1. The number of carbonyl (C=O) groups excluding carboxylic acids is 1. The van der Waals surface area contributed by atoms with Crippen molar-refractivity contribution in [2.45, 2.75) is 12.8 Å². The summed E-state index contributed by atoms with van der Waals surface area (Å²) in [5, 5.41) is 0. The number of rotatable bonds is 7. The van der Waals surface area contributed by atoms with Gasteiger partial charge in [-0.3, -0.25) is 4.79 Å². The summed E-state index contributed by atoms with van der Waals surface area (Å²) in [7, 11) is -2.68. The Morgan fingerprint density at radius 2 is 1.59 bits per heavy atom. The molecule has 3 nitrogen and oxygen atoms in total. The second-order valence-corrected chi connectivity index (χ2v) is 6.76. The van der Waals surface area contributed by atoms with Gasteiger partial charge in [0.25, 0.3) is 0 Å². The Morgan fingerprint density at radius 3 is 2.00 bits per heavy atom. The van der Waals surface area contributed by atoms with Crippen LogP contribution in [0, 0.1) is 37.0 Å². The van der Waals surface area contributed by atoms with Gasteiger partial charge in [0.05, 0.1) is 6.16 Å². The second-order valence-electron chi connectivity index (χ2n) is 3.44. The molecule has 0 unspecified atom stereocenters. The van der Waals surface area contributed by atoms with Crippen molar-refractivity contribution in [3.05, 3.63) is 0 Å². The predicted octanol–water partition coefficient (Wildman–Crippen LogP) is 1.57. The SMILES string of the molecule is C#CCCP(=O)(CCC#C)CC(=O)OCC#C. The molecule has 0 aliphatic heterocycles. The molecule has 0 N–H and O–H groups in total. The van der Waals surface area contributed by atoms with Crippen LogP contribution in [0.2, 0.25) is 0 Å². The van der Waals surface area contributed by atoms with Crippen LogP contribution in [0.5, 0.6) is 0 Å². The highest BCUT2D eigenvalue weighted by Crippen LogP contribution is 2.46. The van der Waals surface area contributed by atoms with E-state index < -0.39 is 13.1 Å². The zero-order valence-electron chi connectivity index (χ0n) is 9.65. The summed E-state index contributed by atoms with van der Waals surface area (Å²) in [6.45, 7) is -0.108. The summed E-state index contributed by atoms with van der Waals surface area (Å²) >= 11 is 0. The van der Waals surface area contributed by atoms with E-state index in [1.165, 1.54) is 0 Å². The molecule has 4 heteroatoms. The molecule has 0 amide bonds. The number of hydrogen-bond acceptors (Lipinski definition) is 3. The van der Waals surface area contributed by atoms with Gasteiger partial charge in [0.1, 0.15) is 7.14 Å². The van der Waals surface area contributed by atoms with Gasteiger partial charge in [-0.1, -0.05) is 5.92 Å². The van der Waals surface area contributed by atoms with E-state index in [9.17, 15) is 9.36 Å². The van der Waals surface area contributed by atoms with Crippen LogP contribution in [0.15, 0.2) is 0 Å². The minimum absolute atomic E-state index is 0.108. The fourth-order valence-corrected chi connectivity index (χ4v) is 3.38. The molecule has 0 aliphatic carbocycles. The van der Waals surface area contributed by atoms with E-state index in [1.54, 1.807) is 0 Å². The van der Waals surface area contributed by atoms with Crippen molar-refractivity contribution in [2.24, 2.45) is 0 Å². The molecule has 0 saturated carbocycles. The average Bonchev–Trinajstić information content (AvgIpc) is 2.31. The zero-order chi connectivity index (χ0) is 13.1. The Kier molecular flexibility index (Phi) is 7.71. The molecular formula is C13H15O3P. The van der Waals surface area contributed by atoms with Crippen molar-refractivity contribution < 1.29 is 14.1 Å². The lowest BCUT2D eigenvalue weighted by molar-refractivity contribution is -0.139. The summed E-state index contributed by atoms with van der Waals surface area (Å²) in [5.74, 6) is 6.43. The molecule has 90 valence electrons. The number of hydrogen-bond donors (Lipinski definition) is 0. The lowest BCUT2D eigenvalue weighted by Gasteiger charge is -2.14. The highest BCUT2D eigenvalue weighted by atomic mass is 31.2. The van der Waals surface area contributed by atoms with Crippen LogP contribution in [-0.4, -0.2) is 31.1 Å².